The van der Waals surface area contributed by atoms with E-state index in [9.17, 15) is 9.90 Å². The van der Waals surface area contributed by atoms with Crippen LogP contribution in [0.2, 0.25) is 0 Å². The van der Waals surface area contributed by atoms with Gasteiger partial charge in [0.05, 0.1) is 24.2 Å². The van der Waals surface area contributed by atoms with Crippen molar-refractivity contribution in [3.05, 3.63) is 30.0 Å². The number of ether oxygens (including phenoxy) is 1. The minimum Gasteiger partial charge on any atom is -0.476 e. The fourth-order valence-electron chi connectivity index (χ4n) is 2.13. The SMILES string of the molecule is O=C(O)c1nc2ccccc2nc1N1CCOCC1. The molecule has 1 N–H and O–H groups in total. The maximum absolute atomic E-state index is 11.3. The molecule has 1 fully saturated rings. The number of hydrogen-bond acceptors (Lipinski definition) is 5. The number of rotatable bonds is 2. The number of fused-ring (bicyclic) bond motifs is 1. The van der Waals surface area contributed by atoms with Crippen molar-refractivity contribution < 1.29 is 14.6 Å². The van der Waals surface area contributed by atoms with E-state index in [4.69, 9.17) is 4.74 Å². The second kappa shape index (κ2) is 4.81. The van der Waals surface area contributed by atoms with Gasteiger partial charge >= 0.3 is 5.97 Å². The van der Waals surface area contributed by atoms with Crippen LogP contribution >= 0.6 is 0 Å². The van der Waals surface area contributed by atoms with Crippen molar-refractivity contribution >= 4 is 22.8 Å². The van der Waals surface area contributed by atoms with E-state index in [1.165, 1.54) is 0 Å². The fourth-order valence-corrected chi connectivity index (χ4v) is 2.13. The van der Waals surface area contributed by atoms with Crippen molar-refractivity contribution in [3.8, 4) is 0 Å². The minimum absolute atomic E-state index is 0.000556. The van der Waals surface area contributed by atoms with Crippen molar-refractivity contribution in [1.82, 2.24) is 9.97 Å². The summed E-state index contributed by atoms with van der Waals surface area (Å²) >= 11 is 0. The Balaban J connectivity index is 2.14. The number of carboxylic acid groups (broad SMARTS) is 1. The number of morpholine rings is 1. The molecule has 0 atom stereocenters. The third-order valence-corrected chi connectivity index (χ3v) is 3.07. The molecule has 1 aliphatic rings. The van der Waals surface area contributed by atoms with Crippen molar-refractivity contribution in [1.29, 1.82) is 0 Å². The normalized spacial score (nSPS) is 15.7. The van der Waals surface area contributed by atoms with Crippen molar-refractivity contribution in [2.45, 2.75) is 0 Å². The number of anilines is 1. The molecule has 98 valence electrons. The van der Waals surface area contributed by atoms with Crippen LogP contribution in [-0.4, -0.2) is 47.3 Å². The molecule has 0 bridgehead atoms. The maximum atomic E-state index is 11.3. The quantitative estimate of drug-likeness (QED) is 0.872. The molecule has 0 saturated carbocycles. The summed E-state index contributed by atoms with van der Waals surface area (Å²) in [6, 6.07) is 7.27. The summed E-state index contributed by atoms with van der Waals surface area (Å²) in [6.45, 7) is 2.42. The molecule has 6 nitrogen and oxygen atoms in total. The van der Waals surface area contributed by atoms with Crippen LogP contribution in [0.4, 0.5) is 5.82 Å². The topological polar surface area (TPSA) is 75.5 Å². The highest BCUT2D eigenvalue weighted by Gasteiger charge is 2.22. The van der Waals surface area contributed by atoms with E-state index >= 15 is 0 Å². The lowest BCUT2D eigenvalue weighted by molar-refractivity contribution is 0.0690. The minimum atomic E-state index is -1.06. The summed E-state index contributed by atoms with van der Waals surface area (Å²) in [4.78, 5) is 21.9. The predicted octanol–water partition coefficient (Wildman–Crippen LogP) is 1.16. The van der Waals surface area contributed by atoms with Gasteiger partial charge in [0.25, 0.3) is 0 Å². The molecular weight excluding hydrogens is 246 g/mol. The molecule has 19 heavy (non-hydrogen) atoms. The number of carboxylic acids is 1. The Hall–Kier alpha value is -2.21. The van der Waals surface area contributed by atoms with E-state index in [1.54, 1.807) is 6.07 Å². The first-order valence-corrected chi connectivity index (χ1v) is 6.08. The van der Waals surface area contributed by atoms with Gasteiger partial charge in [-0.3, -0.25) is 0 Å². The first-order valence-electron chi connectivity index (χ1n) is 6.08. The number of aromatic carboxylic acids is 1. The lowest BCUT2D eigenvalue weighted by Crippen LogP contribution is -2.38. The molecular formula is C13H13N3O3. The Morgan fingerprint density at radius 2 is 1.79 bits per heavy atom. The first-order chi connectivity index (χ1) is 9.25. The third-order valence-electron chi connectivity index (χ3n) is 3.07. The zero-order chi connectivity index (χ0) is 13.2. The number of para-hydroxylation sites is 2. The zero-order valence-electron chi connectivity index (χ0n) is 10.2. The van der Waals surface area contributed by atoms with E-state index in [0.717, 1.165) is 0 Å². The summed E-state index contributed by atoms with van der Waals surface area (Å²) in [5.41, 5.74) is 1.30. The van der Waals surface area contributed by atoms with Gasteiger partial charge in [0.1, 0.15) is 0 Å². The van der Waals surface area contributed by atoms with Gasteiger partial charge in [0, 0.05) is 13.1 Å². The van der Waals surface area contributed by atoms with Crippen molar-refractivity contribution in [2.75, 3.05) is 31.2 Å². The van der Waals surface area contributed by atoms with Gasteiger partial charge in [-0.25, -0.2) is 14.8 Å². The second-order valence-corrected chi connectivity index (χ2v) is 4.29. The molecule has 2 heterocycles. The molecule has 1 aromatic heterocycles. The van der Waals surface area contributed by atoms with Crippen LogP contribution in [0.1, 0.15) is 10.5 Å². The molecule has 0 radical (unpaired) electrons. The van der Waals surface area contributed by atoms with Gasteiger partial charge in [0.15, 0.2) is 11.5 Å². The lowest BCUT2D eigenvalue weighted by Gasteiger charge is -2.28. The monoisotopic (exact) mass is 259 g/mol. The average Bonchev–Trinajstić information content (AvgIpc) is 2.46. The number of benzene rings is 1. The number of hydrogen-bond donors (Lipinski definition) is 1. The highest BCUT2D eigenvalue weighted by atomic mass is 16.5. The van der Waals surface area contributed by atoms with Crippen LogP contribution in [-0.2, 0) is 4.74 Å². The van der Waals surface area contributed by atoms with Gasteiger partial charge in [-0.15, -0.1) is 0 Å². The molecule has 0 unspecified atom stereocenters. The Morgan fingerprint density at radius 3 is 2.42 bits per heavy atom. The zero-order valence-corrected chi connectivity index (χ0v) is 10.2. The number of nitrogens with zero attached hydrogens (tertiary/aromatic N) is 3. The highest BCUT2D eigenvalue weighted by molar-refractivity contribution is 5.94. The fraction of sp³-hybridized carbons (Fsp3) is 0.308. The van der Waals surface area contributed by atoms with E-state index < -0.39 is 5.97 Å². The van der Waals surface area contributed by atoms with Crippen LogP contribution in [0.15, 0.2) is 24.3 Å². The molecule has 1 saturated heterocycles. The summed E-state index contributed by atoms with van der Waals surface area (Å²) in [7, 11) is 0. The summed E-state index contributed by atoms with van der Waals surface area (Å²) in [5, 5.41) is 9.30. The second-order valence-electron chi connectivity index (χ2n) is 4.29. The molecule has 6 heteroatoms. The standard InChI is InChI=1S/C13H13N3O3/c17-13(18)11-12(16-5-7-19-8-6-16)15-10-4-2-1-3-9(10)14-11/h1-4H,5-8H2,(H,17,18). The molecule has 0 aliphatic carbocycles. The third kappa shape index (κ3) is 2.22. The molecule has 1 aliphatic heterocycles. The van der Waals surface area contributed by atoms with E-state index in [-0.39, 0.29) is 5.69 Å². The van der Waals surface area contributed by atoms with Gasteiger partial charge in [-0.05, 0) is 12.1 Å². The smallest absolute Gasteiger partial charge is 0.358 e. The summed E-state index contributed by atoms with van der Waals surface area (Å²) in [6.07, 6.45) is 0. The Labute approximate surface area is 109 Å². The molecule has 2 aromatic rings. The Morgan fingerprint density at radius 1 is 1.16 bits per heavy atom. The lowest BCUT2D eigenvalue weighted by atomic mass is 10.2. The molecule has 0 amide bonds. The summed E-state index contributed by atoms with van der Waals surface area (Å²) < 4.78 is 5.27. The molecule has 3 rings (SSSR count). The van der Waals surface area contributed by atoms with Gasteiger partial charge in [-0.2, -0.15) is 0 Å². The van der Waals surface area contributed by atoms with Gasteiger partial charge < -0.3 is 14.7 Å². The number of aromatic nitrogens is 2. The Bertz CT molecular complexity index is 624. The number of carbonyl (C=O) groups is 1. The summed E-state index contributed by atoms with van der Waals surface area (Å²) in [5.74, 6) is -0.630. The highest BCUT2D eigenvalue weighted by Crippen LogP contribution is 2.21. The van der Waals surface area contributed by atoms with Gasteiger partial charge in [0.2, 0.25) is 0 Å². The van der Waals surface area contributed by atoms with E-state index in [2.05, 4.69) is 9.97 Å². The van der Waals surface area contributed by atoms with Crippen LogP contribution < -0.4 is 4.90 Å². The van der Waals surface area contributed by atoms with Crippen LogP contribution in [0.5, 0.6) is 0 Å². The first kappa shape index (κ1) is 11.9. The van der Waals surface area contributed by atoms with Crippen LogP contribution in [0.3, 0.4) is 0 Å². The predicted molar refractivity (Wildman–Crippen MR) is 69.5 cm³/mol. The van der Waals surface area contributed by atoms with E-state index in [1.807, 2.05) is 23.1 Å². The van der Waals surface area contributed by atoms with Crippen LogP contribution in [0, 0.1) is 0 Å². The van der Waals surface area contributed by atoms with E-state index in [0.29, 0.717) is 43.2 Å². The Kier molecular flexibility index (Phi) is 3.00. The molecule has 1 aromatic carbocycles. The molecule has 0 spiro atoms. The largest absolute Gasteiger partial charge is 0.476 e. The maximum Gasteiger partial charge on any atom is 0.358 e. The van der Waals surface area contributed by atoms with Crippen LogP contribution in [0.25, 0.3) is 11.0 Å². The average molecular weight is 259 g/mol. The van der Waals surface area contributed by atoms with Crippen molar-refractivity contribution in [2.24, 2.45) is 0 Å². The van der Waals surface area contributed by atoms with Gasteiger partial charge in [-0.1, -0.05) is 12.1 Å². The van der Waals surface area contributed by atoms with Crippen molar-refractivity contribution in [3.63, 3.8) is 0 Å².